The molecule has 2 aromatic carbocycles. The van der Waals surface area contributed by atoms with Crippen LogP contribution in [0.15, 0.2) is 45.3 Å². The van der Waals surface area contributed by atoms with Crippen molar-refractivity contribution in [3.05, 3.63) is 45.3 Å². The number of nitrogens with one attached hydrogen (secondary N) is 1. The van der Waals surface area contributed by atoms with Crippen LogP contribution in [0.5, 0.6) is 11.5 Å². The zero-order valence-electron chi connectivity index (χ0n) is 10.5. The van der Waals surface area contributed by atoms with Crippen molar-refractivity contribution in [3.8, 4) is 11.5 Å². The molecular weight excluding hydrogens is 374 g/mol. The standard InChI is InChI=1S/C14H13Br2NO2/c1-18-9-3-5-13(11(15)7-9)17-14-6-4-10(19-2)8-12(14)16/h3-8,17H,1-2H3. The highest BCUT2D eigenvalue weighted by Crippen LogP contribution is 2.33. The minimum absolute atomic E-state index is 0.811. The Morgan fingerprint density at radius 1 is 0.789 bits per heavy atom. The zero-order valence-corrected chi connectivity index (χ0v) is 13.7. The van der Waals surface area contributed by atoms with Gasteiger partial charge < -0.3 is 14.8 Å². The van der Waals surface area contributed by atoms with Gasteiger partial charge in [0.15, 0.2) is 0 Å². The first-order valence-corrected chi connectivity index (χ1v) is 7.16. The van der Waals surface area contributed by atoms with E-state index in [2.05, 4.69) is 37.2 Å². The molecule has 2 aromatic rings. The fourth-order valence-electron chi connectivity index (χ4n) is 1.59. The molecular formula is C14H13Br2NO2. The van der Waals surface area contributed by atoms with Crippen LogP contribution < -0.4 is 14.8 Å². The van der Waals surface area contributed by atoms with Crippen molar-refractivity contribution < 1.29 is 9.47 Å². The van der Waals surface area contributed by atoms with E-state index in [4.69, 9.17) is 9.47 Å². The number of hydrogen-bond donors (Lipinski definition) is 1. The molecule has 0 saturated heterocycles. The molecule has 0 radical (unpaired) electrons. The third-order valence-electron chi connectivity index (χ3n) is 2.62. The third kappa shape index (κ3) is 3.42. The fourth-order valence-corrected chi connectivity index (χ4v) is 2.51. The third-order valence-corrected chi connectivity index (χ3v) is 3.93. The van der Waals surface area contributed by atoms with Crippen molar-refractivity contribution in [2.75, 3.05) is 19.5 Å². The van der Waals surface area contributed by atoms with Crippen molar-refractivity contribution in [1.82, 2.24) is 0 Å². The average molecular weight is 387 g/mol. The van der Waals surface area contributed by atoms with Gasteiger partial charge in [0.2, 0.25) is 0 Å². The highest BCUT2D eigenvalue weighted by Gasteiger charge is 2.06. The highest BCUT2D eigenvalue weighted by molar-refractivity contribution is 9.11. The second-order valence-electron chi connectivity index (χ2n) is 3.82. The van der Waals surface area contributed by atoms with Gasteiger partial charge in [-0.15, -0.1) is 0 Å². The van der Waals surface area contributed by atoms with E-state index in [9.17, 15) is 0 Å². The Morgan fingerprint density at radius 3 is 1.53 bits per heavy atom. The molecule has 0 saturated carbocycles. The maximum atomic E-state index is 5.17. The summed E-state index contributed by atoms with van der Waals surface area (Å²) in [6.45, 7) is 0. The van der Waals surface area contributed by atoms with Crippen molar-refractivity contribution in [2.24, 2.45) is 0 Å². The second-order valence-corrected chi connectivity index (χ2v) is 5.53. The van der Waals surface area contributed by atoms with E-state index in [1.165, 1.54) is 0 Å². The minimum Gasteiger partial charge on any atom is -0.497 e. The maximum Gasteiger partial charge on any atom is 0.120 e. The second kappa shape index (κ2) is 6.30. The molecule has 19 heavy (non-hydrogen) atoms. The van der Waals surface area contributed by atoms with Crippen LogP contribution >= 0.6 is 31.9 Å². The van der Waals surface area contributed by atoms with Gasteiger partial charge in [0.25, 0.3) is 0 Å². The maximum absolute atomic E-state index is 5.17. The summed E-state index contributed by atoms with van der Waals surface area (Å²) in [5.74, 6) is 1.62. The average Bonchev–Trinajstić information content (AvgIpc) is 2.42. The lowest BCUT2D eigenvalue weighted by Gasteiger charge is -2.12. The van der Waals surface area contributed by atoms with Gasteiger partial charge in [-0.05, 0) is 68.3 Å². The summed E-state index contributed by atoms with van der Waals surface area (Å²) in [6.07, 6.45) is 0. The molecule has 0 bridgehead atoms. The lowest BCUT2D eigenvalue weighted by molar-refractivity contribution is 0.414. The molecule has 0 fully saturated rings. The molecule has 0 unspecified atom stereocenters. The molecule has 2 rings (SSSR count). The molecule has 0 aliphatic carbocycles. The Balaban J connectivity index is 2.26. The topological polar surface area (TPSA) is 30.5 Å². The SMILES string of the molecule is COc1ccc(Nc2ccc(OC)cc2Br)c(Br)c1. The van der Waals surface area contributed by atoms with Crippen molar-refractivity contribution >= 4 is 43.2 Å². The summed E-state index contributed by atoms with van der Waals surface area (Å²) >= 11 is 7.03. The van der Waals surface area contributed by atoms with Crippen LogP contribution in [0.4, 0.5) is 11.4 Å². The zero-order chi connectivity index (χ0) is 13.8. The smallest absolute Gasteiger partial charge is 0.120 e. The van der Waals surface area contributed by atoms with E-state index in [1.54, 1.807) is 14.2 Å². The Labute approximate surface area is 129 Å². The van der Waals surface area contributed by atoms with Crippen LogP contribution in [-0.2, 0) is 0 Å². The number of methoxy groups -OCH3 is 2. The summed E-state index contributed by atoms with van der Waals surface area (Å²) in [5.41, 5.74) is 1.93. The summed E-state index contributed by atoms with van der Waals surface area (Å²) in [5, 5.41) is 3.34. The van der Waals surface area contributed by atoms with Gasteiger partial charge in [-0.1, -0.05) is 0 Å². The molecule has 3 nitrogen and oxygen atoms in total. The van der Waals surface area contributed by atoms with Gasteiger partial charge in [-0.3, -0.25) is 0 Å². The molecule has 0 heterocycles. The van der Waals surface area contributed by atoms with Crippen LogP contribution in [-0.4, -0.2) is 14.2 Å². The van der Waals surface area contributed by atoms with Crippen LogP contribution in [0.1, 0.15) is 0 Å². The van der Waals surface area contributed by atoms with Crippen LogP contribution in [0.25, 0.3) is 0 Å². The van der Waals surface area contributed by atoms with Gasteiger partial charge in [-0.2, -0.15) is 0 Å². The quantitative estimate of drug-likeness (QED) is 0.804. The number of benzene rings is 2. The lowest BCUT2D eigenvalue weighted by Crippen LogP contribution is -1.94. The van der Waals surface area contributed by atoms with Crippen molar-refractivity contribution in [3.63, 3.8) is 0 Å². The van der Waals surface area contributed by atoms with Crippen LogP contribution in [0.2, 0.25) is 0 Å². The summed E-state index contributed by atoms with van der Waals surface area (Å²) in [4.78, 5) is 0. The summed E-state index contributed by atoms with van der Waals surface area (Å²) in [7, 11) is 3.30. The highest BCUT2D eigenvalue weighted by atomic mass is 79.9. The number of halogens is 2. The monoisotopic (exact) mass is 385 g/mol. The first-order valence-electron chi connectivity index (χ1n) is 5.58. The van der Waals surface area contributed by atoms with E-state index >= 15 is 0 Å². The number of ether oxygens (including phenoxy) is 2. The Morgan fingerprint density at radius 2 is 1.21 bits per heavy atom. The van der Waals surface area contributed by atoms with E-state index < -0.39 is 0 Å². The Hall–Kier alpha value is -1.20. The first kappa shape index (κ1) is 14.2. The van der Waals surface area contributed by atoms with Gasteiger partial charge in [0.1, 0.15) is 11.5 Å². The number of anilines is 2. The van der Waals surface area contributed by atoms with E-state index in [-0.39, 0.29) is 0 Å². The molecule has 0 aliphatic rings. The molecule has 5 heteroatoms. The van der Waals surface area contributed by atoms with Crippen LogP contribution in [0.3, 0.4) is 0 Å². The minimum atomic E-state index is 0.811. The van der Waals surface area contributed by atoms with Gasteiger partial charge in [0.05, 0.1) is 25.6 Å². The van der Waals surface area contributed by atoms with Gasteiger partial charge in [-0.25, -0.2) is 0 Å². The largest absolute Gasteiger partial charge is 0.497 e. The molecule has 0 spiro atoms. The van der Waals surface area contributed by atoms with Gasteiger partial charge in [0, 0.05) is 8.95 Å². The van der Waals surface area contributed by atoms with Crippen molar-refractivity contribution in [1.29, 1.82) is 0 Å². The van der Waals surface area contributed by atoms with Gasteiger partial charge >= 0.3 is 0 Å². The molecule has 0 amide bonds. The predicted octanol–water partition coefficient (Wildman–Crippen LogP) is 4.97. The molecule has 0 atom stereocenters. The Bertz CT molecular complexity index is 536. The van der Waals surface area contributed by atoms with Crippen molar-refractivity contribution in [2.45, 2.75) is 0 Å². The number of rotatable bonds is 4. The molecule has 0 aliphatic heterocycles. The predicted molar refractivity (Wildman–Crippen MR) is 84.7 cm³/mol. The normalized spacial score (nSPS) is 10.1. The molecule has 1 N–H and O–H groups in total. The van der Waals surface area contributed by atoms with Crippen LogP contribution in [0, 0.1) is 0 Å². The van der Waals surface area contributed by atoms with E-state index in [0.29, 0.717) is 0 Å². The molecule has 0 aromatic heterocycles. The lowest BCUT2D eigenvalue weighted by atomic mass is 10.2. The Kier molecular flexibility index (Phi) is 4.71. The van der Waals surface area contributed by atoms with E-state index in [1.807, 2.05) is 36.4 Å². The number of hydrogen-bond acceptors (Lipinski definition) is 3. The molecule has 100 valence electrons. The summed E-state index contributed by atoms with van der Waals surface area (Å²) < 4.78 is 12.2. The van der Waals surface area contributed by atoms with E-state index in [0.717, 1.165) is 31.8 Å². The first-order chi connectivity index (χ1) is 9.13. The summed E-state index contributed by atoms with van der Waals surface area (Å²) in [6, 6.07) is 11.6. The fraction of sp³-hybridized carbons (Fsp3) is 0.143.